The highest BCUT2D eigenvalue weighted by molar-refractivity contribution is 7.07. The molecule has 1 aromatic heterocycles. The smallest absolute Gasteiger partial charge is 0.252 e. The van der Waals surface area contributed by atoms with Crippen LogP contribution in [0.1, 0.15) is 21.6 Å². The van der Waals surface area contributed by atoms with Gasteiger partial charge in [0.2, 0.25) is 5.91 Å². The number of nitrogens with zero attached hydrogens (tertiary/aromatic N) is 1. The lowest BCUT2D eigenvalue weighted by molar-refractivity contribution is -0.123. The van der Waals surface area contributed by atoms with E-state index in [1.807, 2.05) is 35.7 Å². The van der Waals surface area contributed by atoms with Gasteiger partial charge in [0, 0.05) is 17.4 Å². The molecule has 2 amide bonds. The summed E-state index contributed by atoms with van der Waals surface area (Å²) in [6.45, 7) is 0.231. The minimum Gasteiger partial charge on any atom is -0.349 e. The zero-order valence-corrected chi connectivity index (χ0v) is 15.5. The van der Waals surface area contributed by atoms with Gasteiger partial charge >= 0.3 is 0 Å². The van der Waals surface area contributed by atoms with Crippen LogP contribution in [0.25, 0.3) is 0 Å². The fraction of sp³-hybridized carbons (Fsp3) is 0.150. The summed E-state index contributed by atoms with van der Waals surface area (Å²) in [5.41, 5.74) is 3.16. The normalized spacial score (nSPS) is 11.6. The van der Waals surface area contributed by atoms with Crippen LogP contribution in [0.3, 0.4) is 0 Å². The summed E-state index contributed by atoms with van der Waals surface area (Å²) >= 11 is 1.41. The molecule has 8 heteroatoms. The molecular weight excluding hydrogens is 384 g/mol. The quantitative estimate of drug-likeness (QED) is 0.639. The highest BCUT2D eigenvalue weighted by Gasteiger charge is 2.22. The molecule has 28 heavy (non-hydrogen) atoms. The van der Waals surface area contributed by atoms with Crippen LogP contribution in [0.4, 0.5) is 8.78 Å². The van der Waals surface area contributed by atoms with E-state index >= 15 is 0 Å². The van der Waals surface area contributed by atoms with E-state index in [4.69, 9.17) is 0 Å². The SMILES string of the molecule is O=C(N[C@H](Cc1ccccc1)C(=O)NCc1cscn1)c1ccc(F)c(F)c1. The molecule has 0 aliphatic rings. The molecule has 3 rings (SSSR count). The van der Waals surface area contributed by atoms with Crippen LogP contribution in [0.15, 0.2) is 59.4 Å². The monoisotopic (exact) mass is 401 g/mol. The third-order valence-electron chi connectivity index (χ3n) is 4.01. The molecule has 1 atom stereocenters. The van der Waals surface area contributed by atoms with E-state index in [1.165, 1.54) is 17.4 Å². The molecule has 0 radical (unpaired) electrons. The lowest BCUT2D eigenvalue weighted by atomic mass is 10.0. The van der Waals surface area contributed by atoms with E-state index in [-0.39, 0.29) is 18.5 Å². The van der Waals surface area contributed by atoms with Gasteiger partial charge in [0.15, 0.2) is 11.6 Å². The van der Waals surface area contributed by atoms with Gasteiger partial charge in [-0.05, 0) is 23.8 Å². The number of thiazole rings is 1. The third kappa shape index (κ3) is 5.20. The number of amides is 2. The molecule has 0 saturated carbocycles. The largest absolute Gasteiger partial charge is 0.349 e. The first kappa shape index (κ1) is 19.6. The molecule has 0 fully saturated rings. The lowest BCUT2D eigenvalue weighted by Crippen LogP contribution is -2.47. The van der Waals surface area contributed by atoms with Crippen LogP contribution in [-0.2, 0) is 17.8 Å². The number of halogens is 2. The molecule has 144 valence electrons. The highest BCUT2D eigenvalue weighted by atomic mass is 32.1. The van der Waals surface area contributed by atoms with Gasteiger partial charge in [0.25, 0.3) is 5.91 Å². The Labute approximate surface area is 164 Å². The van der Waals surface area contributed by atoms with Gasteiger partial charge in [0.1, 0.15) is 6.04 Å². The number of hydrogen-bond donors (Lipinski definition) is 2. The molecule has 2 aromatic carbocycles. The predicted molar refractivity (Wildman–Crippen MR) is 102 cm³/mol. The van der Waals surface area contributed by atoms with Crippen LogP contribution in [0, 0.1) is 11.6 Å². The summed E-state index contributed by atoms with van der Waals surface area (Å²) in [7, 11) is 0. The second-order valence-electron chi connectivity index (χ2n) is 6.04. The van der Waals surface area contributed by atoms with E-state index in [1.54, 1.807) is 5.51 Å². The van der Waals surface area contributed by atoms with Crippen molar-refractivity contribution in [3.63, 3.8) is 0 Å². The van der Waals surface area contributed by atoms with Gasteiger partial charge < -0.3 is 10.6 Å². The summed E-state index contributed by atoms with van der Waals surface area (Å²) in [5.74, 6) is -3.23. The molecule has 5 nitrogen and oxygen atoms in total. The maximum absolute atomic E-state index is 13.4. The Morgan fingerprint density at radius 3 is 2.54 bits per heavy atom. The first-order valence-electron chi connectivity index (χ1n) is 8.47. The molecular formula is C20H17F2N3O2S. The van der Waals surface area contributed by atoms with Crippen LogP contribution in [0.2, 0.25) is 0 Å². The summed E-state index contributed by atoms with van der Waals surface area (Å²) < 4.78 is 26.5. The summed E-state index contributed by atoms with van der Waals surface area (Å²) in [4.78, 5) is 29.2. The van der Waals surface area contributed by atoms with E-state index < -0.39 is 29.5 Å². The molecule has 0 aliphatic heterocycles. The van der Waals surface area contributed by atoms with Gasteiger partial charge in [-0.2, -0.15) is 0 Å². The van der Waals surface area contributed by atoms with Crippen molar-refractivity contribution in [2.24, 2.45) is 0 Å². The molecule has 0 spiro atoms. The van der Waals surface area contributed by atoms with Gasteiger partial charge in [-0.1, -0.05) is 30.3 Å². The highest BCUT2D eigenvalue weighted by Crippen LogP contribution is 2.10. The first-order valence-corrected chi connectivity index (χ1v) is 9.42. The second-order valence-corrected chi connectivity index (χ2v) is 6.76. The van der Waals surface area contributed by atoms with Gasteiger partial charge in [-0.15, -0.1) is 11.3 Å². The molecule has 1 heterocycles. The summed E-state index contributed by atoms with van der Waals surface area (Å²) in [6, 6.07) is 11.1. The Morgan fingerprint density at radius 1 is 1.07 bits per heavy atom. The van der Waals surface area contributed by atoms with Crippen molar-refractivity contribution in [2.75, 3.05) is 0 Å². The number of rotatable bonds is 7. The number of carbonyl (C=O) groups is 2. The molecule has 0 saturated heterocycles. The fourth-order valence-corrected chi connectivity index (χ4v) is 3.12. The molecule has 2 N–H and O–H groups in total. The van der Waals surface area contributed by atoms with E-state index in [0.717, 1.165) is 17.7 Å². The van der Waals surface area contributed by atoms with Crippen molar-refractivity contribution in [3.8, 4) is 0 Å². The number of nitrogens with one attached hydrogen (secondary N) is 2. The van der Waals surface area contributed by atoms with Crippen LogP contribution in [-0.4, -0.2) is 22.8 Å². The van der Waals surface area contributed by atoms with Crippen molar-refractivity contribution in [1.82, 2.24) is 15.6 Å². The topological polar surface area (TPSA) is 71.1 Å². The maximum atomic E-state index is 13.4. The Hall–Kier alpha value is -3.13. The number of benzene rings is 2. The summed E-state index contributed by atoms with van der Waals surface area (Å²) in [5, 5.41) is 7.15. The van der Waals surface area contributed by atoms with Crippen molar-refractivity contribution in [3.05, 3.63) is 87.9 Å². The van der Waals surface area contributed by atoms with E-state index in [2.05, 4.69) is 15.6 Å². The van der Waals surface area contributed by atoms with Crippen molar-refractivity contribution in [1.29, 1.82) is 0 Å². The van der Waals surface area contributed by atoms with E-state index in [9.17, 15) is 18.4 Å². The summed E-state index contributed by atoms with van der Waals surface area (Å²) in [6.07, 6.45) is 0.249. The molecule has 0 bridgehead atoms. The van der Waals surface area contributed by atoms with Crippen LogP contribution >= 0.6 is 11.3 Å². The number of aromatic nitrogens is 1. The standard InChI is InChI=1S/C20H17F2N3O2S/c21-16-7-6-14(9-17(16)22)19(26)25-18(8-13-4-2-1-3-5-13)20(27)23-10-15-11-28-12-24-15/h1-7,9,11-12,18H,8,10H2,(H,23,27)(H,25,26)/t18-/m1/s1. The molecule has 0 aliphatic carbocycles. The van der Waals surface area contributed by atoms with E-state index in [0.29, 0.717) is 5.69 Å². The Bertz CT molecular complexity index is 949. The molecule has 3 aromatic rings. The van der Waals surface area contributed by atoms with Crippen molar-refractivity contribution >= 4 is 23.2 Å². The van der Waals surface area contributed by atoms with Crippen molar-refractivity contribution in [2.45, 2.75) is 19.0 Å². The average molecular weight is 401 g/mol. The third-order valence-corrected chi connectivity index (χ3v) is 4.65. The Balaban J connectivity index is 1.73. The van der Waals surface area contributed by atoms with Gasteiger partial charge in [0.05, 0.1) is 17.7 Å². The minimum atomic E-state index is -1.12. The lowest BCUT2D eigenvalue weighted by Gasteiger charge is -2.18. The Morgan fingerprint density at radius 2 is 1.86 bits per heavy atom. The van der Waals surface area contributed by atoms with Crippen LogP contribution in [0.5, 0.6) is 0 Å². The average Bonchev–Trinajstić information content (AvgIpc) is 3.22. The predicted octanol–water partition coefficient (Wildman–Crippen LogP) is 3.08. The second kappa shape index (κ2) is 9.18. The number of carbonyl (C=O) groups excluding carboxylic acids is 2. The fourth-order valence-electron chi connectivity index (χ4n) is 2.56. The maximum Gasteiger partial charge on any atom is 0.252 e. The zero-order chi connectivity index (χ0) is 19.9. The zero-order valence-electron chi connectivity index (χ0n) is 14.7. The van der Waals surface area contributed by atoms with Gasteiger partial charge in [-0.3, -0.25) is 9.59 Å². The number of hydrogen-bond acceptors (Lipinski definition) is 4. The Kier molecular flexibility index (Phi) is 6.44. The molecule has 0 unspecified atom stereocenters. The van der Waals surface area contributed by atoms with Crippen LogP contribution < -0.4 is 10.6 Å². The van der Waals surface area contributed by atoms with Gasteiger partial charge in [-0.25, -0.2) is 13.8 Å². The van der Waals surface area contributed by atoms with Crippen molar-refractivity contribution < 1.29 is 18.4 Å². The first-order chi connectivity index (χ1) is 13.5. The minimum absolute atomic E-state index is 0.0655.